The van der Waals surface area contributed by atoms with Crippen molar-refractivity contribution in [2.45, 2.75) is 32.8 Å². The van der Waals surface area contributed by atoms with Gasteiger partial charge in [0.15, 0.2) is 4.88 Å². The zero-order valence-corrected chi connectivity index (χ0v) is 10.7. The van der Waals surface area contributed by atoms with E-state index in [-0.39, 0.29) is 11.5 Å². The average molecular weight is 262 g/mol. The van der Waals surface area contributed by atoms with Gasteiger partial charge in [-0.1, -0.05) is 6.92 Å². The predicted octanol–water partition coefficient (Wildman–Crippen LogP) is 1.28. The molecule has 0 spiro atoms. The number of hydrogen-bond acceptors (Lipinski definition) is 5. The summed E-state index contributed by atoms with van der Waals surface area (Å²) in [6.45, 7) is 4.80. The molecule has 0 aliphatic rings. The van der Waals surface area contributed by atoms with Crippen molar-refractivity contribution >= 4 is 17.2 Å². The van der Waals surface area contributed by atoms with Gasteiger partial charge in [0, 0.05) is 0 Å². The summed E-state index contributed by atoms with van der Waals surface area (Å²) >= 11 is 0.985. The first-order chi connectivity index (χ1) is 7.83. The van der Waals surface area contributed by atoms with Crippen LogP contribution in [-0.2, 0) is 11.3 Å². The van der Waals surface area contributed by atoms with Crippen molar-refractivity contribution in [1.82, 2.24) is 10.5 Å². The minimum atomic E-state index is -1.06. The van der Waals surface area contributed by atoms with Gasteiger partial charge in [-0.25, -0.2) is 10.5 Å². The summed E-state index contributed by atoms with van der Waals surface area (Å²) in [5.74, 6) is -1.49. The Labute approximate surface area is 103 Å². The molecule has 5 nitrogen and oxygen atoms in total. The molecule has 1 heterocycles. The molecule has 1 aromatic rings. The van der Waals surface area contributed by atoms with E-state index in [2.05, 4.69) is 10.5 Å². The van der Waals surface area contributed by atoms with E-state index in [4.69, 9.17) is 4.84 Å². The van der Waals surface area contributed by atoms with E-state index in [1.807, 2.05) is 6.92 Å². The number of nitrogens with one attached hydrogen (secondary N) is 1. The van der Waals surface area contributed by atoms with Gasteiger partial charge >= 0.3 is 0 Å². The lowest BCUT2D eigenvalue weighted by Crippen LogP contribution is -2.33. The Morgan fingerprint density at radius 2 is 2.29 bits per heavy atom. The highest BCUT2D eigenvalue weighted by Gasteiger charge is 2.19. The second kappa shape index (κ2) is 5.52. The predicted molar refractivity (Wildman–Crippen MR) is 61.2 cm³/mol. The highest BCUT2D eigenvalue weighted by Crippen LogP contribution is 2.17. The number of hydroxylamine groups is 1. The van der Waals surface area contributed by atoms with E-state index >= 15 is 0 Å². The number of thiazole rings is 1. The summed E-state index contributed by atoms with van der Waals surface area (Å²) in [7, 11) is 0. The molecular formula is C10H15FN2O3S. The summed E-state index contributed by atoms with van der Waals surface area (Å²) in [4.78, 5) is 19.7. The Hall–Kier alpha value is -1.05. The number of aryl methyl sites for hydroxylation is 1. The summed E-state index contributed by atoms with van der Waals surface area (Å²) in [5.41, 5.74) is 1.00. The van der Waals surface area contributed by atoms with Gasteiger partial charge in [0.25, 0.3) is 5.91 Å². The molecule has 1 aromatic heterocycles. The van der Waals surface area contributed by atoms with Crippen LogP contribution in [0.25, 0.3) is 0 Å². The number of rotatable bonds is 5. The number of nitrogens with zero attached hydrogens (tertiary/aromatic N) is 1. The molecule has 0 saturated carbocycles. The van der Waals surface area contributed by atoms with Crippen molar-refractivity contribution in [3.8, 4) is 0 Å². The summed E-state index contributed by atoms with van der Waals surface area (Å²) in [6, 6.07) is 0. The largest absolute Gasteiger partial charge is 0.388 e. The molecule has 0 aromatic carbocycles. The van der Waals surface area contributed by atoms with Crippen LogP contribution in [0.5, 0.6) is 0 Å². The number of hydrogen-bond donors (Lipinski definition) is 2. The molecule has 0 saturated heterocycles. The highest BCUT2D eigenvalue weighted by molar-refractivity contribution is 7.13. The Bertz CT molecular complexity index is 401. The quantitative estimate of drug-likeness (QED) is 0.784. The van der Waals surface area contributed by atoms with Crippen LogP contribution in [-0.4, -0.2) is 28.2 Å². The van der Waals surface area contributed by atoms with Crippen molar-refractivity contribution in [2.75, 3.05) is 6.61 Å². The summed E-state index contributed by atoms with van der Waals surface area (Å²) in [5, 5.41) is 9.89. The Balaban J connectivity index is 2.55. The standard InChI is InChI=1S/C10H15FN2O3S/c1-4-6-12-8(11)7(17-6)9(14)13-16-5-10(2,3)15/h15H,4-5H2,1-3H3,(H,13,14). The molecular weight excluding hydrogens is 247 g/mol. The van der Waals surface area contributed by atoms with Gasteiger partial charge in [-0.2, -0.15) is 4.39 Å². The first-order valence-corrected chi connectivity index (χ1v) is 5.95. The van der Waals surface area contributed by atoms with Crippen LogP contribution in [0, 0.1) is 5.95 Å². The van der Waals surface area contributed by atoms with Crippen LogP contribution in [0.15, 0.2) is 0 Å². The topological polar surface area (TPSA) is 71.5 Å². The van der Waals surface area contributed by atoms with Crippen molar-refractivity contribution in [3.63, 3.8) is 0 Å². The van der Waals surface area contributed by atoms with Crippen LogP contribution < -0.4 is 5.48 Å². The lowest BCUT2D eigenvalue weighted by atomic mass is 10.2. The molecule has 0 bridgehead atoms. The molecule has 1 amide bonds. The number of halogens is 1. The first kappa shape index (κ1) is 14.0. The van der Waals surface area contributed by atoms with E-state index in [1.165, 1.54) is 13.8 Å². The Morgan fingerprint density at radius 3 is 2.76 bits per heavy atom. The fourth-order valence-corrected chi connectivity index (χ4v) is 1.73. The van der Waals surface area contributed by atoms with Crippen molar-refractivity contribution in [1.29, 1.82) is 0 Å². The number of carbonyl (C=O) groups excluding carboxylic acids is 1. The van der Waals surface area contributed by atoms with Crippen LogP contribution in [0.2, 0.25) is 0 Å². The fraction of sp³-hybridized carbons (Fsp3) is 0.600. The number of amides is 1. The third-order valence-corrected chi connectivity index (χ3v) is 2.90. The smallest absolute Gasteiger partial charge is 0.289 e. The third kappa shape index (κ3) is 4.37. The number of carbonyl (C=O) groups is 1. The van der Waals surface area contributed by atoms with Gasteiger partial charge < -0.3 is 5.11 Å². The van der Waals surface area contributed by atoms with E-state index in [0.717, 1.165) is 11.3 Å². The molecule has 1 rings (SSSR count). The fourth-order valence-electron chi connectivity index (χ4n) is 0.959. The molecule has 96 valence electrons. The normalized spacial score (nSPS) is 11.6. The molecule has 0 unspecified atom stereocenters. The van der Waals surface area contributed by atoms with Crippen LogP contribution in [0.3, 0.4) is 0 Å². The maximum atomic E-state index is 13.2. The molecule has 0 atom stereocenters. The van der Waals surface area contributed by atoms with Crippen LogP contribution >= 0.6 is 11.3 Å². The molecule has 0 fully saturated rings. The molecule has 2 N–H and O–H groups in total. The Kier molecular flexibility index (Phi) is 4.55. The molecule has 17 heavy (non-hydrogen) atoms. The van der Waals surface area contributed by atoms with E-state index in [9.17, 15) is 14.3 Å². The van der Waals surface area contributed by atoms with E-state index in [1.54, 1.807) is 0 Å². The zero-order valence-electron chi connectivity index (χ0n) is 9.91. The molecule has 0 aliphatic carbocycles. The zero-order chi connectivity index (χ0) is 13.1. The maximum absolute atomic E-state index is 13.2. The van der Waals surface area contributed by atoms with Gasteiger partial charge in [0.05, 0.1) is 10.6 Å². The second-order valence-corrected chi connectivity index (χ2v) is 5.20. The van der Waals surface area contributed by atoms with Gasteiger partial charge in [-0.15, -0.1) is 11.3 Å². The molecule has 7 heteroatoms. The third-order valence-electron chi connectivity index (χ3n) is 1.73. The SMILES string of the molecule is CCc1nc(F)c(C(=O)NOCC(C)(C)O)s1. The second-order valence-electron chi connectivity index (χ2n) is 4.11. The van der Waals surface area contributed by atoms with Crippen molar-refractivity contribution in [2.24, 2.45) is 0 Å². The van der Waals surface area contributed by atoms with Gasteiger partial charge in [-0.3, -0.25) is 9.63 Å². The van der Waals surface area contributed by atoms with Gasteiger partial charge in [0.2, 0.25) is 5.95 Å². The Morgan fingerprint density at radius 1 is 1.65 bits per heavy atom. The monoisotopic (exact) mass is 262 g/mol. The minimum absolute atomic E-state index is 0.0835. The van der Waals surface area contributed by atoms with Gasteiger partial charge in [0.1, 0.15) is 6.61 Å². The van der Waals surface area contributed by atoms with Crippen molar-refractivity contribution < 1.29 is 19.1 Å². The minimum Gasteiger partial charge on any atom is -0.388 e. The number of aromatic nitrogens is 1. The summed E-state index contributed by atoms with van der Waals surface area (Å²) < 4.78 is 13.2. The maximum Gasteiger partial charge on any atom is 0.289 e. The van der Waals surface area contributed by atoms with E-state index < -0.39 is 17.5 Å². The molecule has 0 aliphatic heterocycles. The van der Waals surface area contributed by atoms with Crippen LogP contribution in [0.1, 0.15) is 35.5 Å². The average Bonchev–Trinajstić information content (AvgIpc) is 2.57. The lowest BCUT2D eigenvalue weighted by Gasteiger charge is -2.16. The highest BCUT2D eigenvalue weighted by atomic mass is 32.1. The molecule has 0 radical (unpaired) electrons. The first-order valence-electron chi connectivity index (χ1n) is 5.13. The van der Waals surface area contributed by atoms with E-state index in [0.29, 0.717) is 11.4 Å². The van der Waals surface area contributed by atoms with Crippen LogP contribution in [0.4, 0.5) is 4.39 Å². The number of aliphatic hydroxyl groups is 1. The van der Waals surface area contributed by atoms with Crippen molar-refractivity contribution in [3.05, 3.63) is 15.8 Å². The lowest BCUT2D eigenvalue weighted by molar-refractivity contribution is -0.0522. The van der Waals surface area contributed by atoms with Gasteiger partial charge in [-0.05, 0) is 20.3 Å². The summed E-state index contributed by atoms with van der Waals surface area (Å²) in [6.07, 6.45) is 0.569.